The summed E-state index contributed by atoms with van der Waals surface area (Å²) >= 11 is 1.86. The molecule has 0 fully saturated rings. The van der Waals surface area contributed by atoms with Gasteiger partial charge in [0.1, 0.15) is 0 Å². The van der Waals surface area contributed by atoms with E-state index in [0.29, 0.717) is 5.82 Å². The molecule has 0 aliphatic heterocycles. The molecule has 2 heterocycles. The zero-order valence-electron chi connectivity index (χ0n) is 34.4. The molecule has 0 spiro atoms. The van der Waals surface area contributed by atoms with E-state index in [1.165, 1.54) is 64.3 Å². The minimum atomic E-state index is -0.103. The number of hydrogen-bond acceptors (Lipinski definition) is 3. The van der Waals surface area contributed by atoms with Gasteiger partial charge in [0, 0.05) is 42.3 Å². The number of fused-ring (bicyclic) bond motifs is 7. The highest BCUT2D eigenvalue weighted by molar-refractivity contribution is 7.26. The highest BCUT2D eigenvalue weighted by Crippen LogP contribution is 2.51. The minimum Gasteiger partial charge on any atom is -0.228 e. The molecule has 1 aliphatic carbocycles. The van der Waals surface area contributed by atoms with Gasteiger partial charge in [0.2, 0.25) is 0 Å². The Bertz CT molecular complexity index is 3540. The third-order valence-corrected chi connectivity index (χ3v) is 14.1. The van der Waals surface area contributed by atoms with Crippen molar-refractivity contribution in [1.29, 1.82) is 0 Å². The highest BCUT2D eigenvalue weighted by atomic mass is 32.1. The van der Waals surface area contributed by atoms with E-state index in [4.69, 9.17) is 9.97 Å². The van der Waals surface area contributed by atoms with Gasteiger partial charge in [-0.05, 0) is 115 Å². The number of rotatable bonds is 6. The van der Waals surface area contributed by atoms with E-state index in [1.807, 2.05) is 17.4 Å². The summed E-state index contributed by atoms with van der Waals surface area (Å²) in [6, 6.07) is 74.9. The van der Waals surface area contributed by atoms with Crippen molar-refractivity contribution in [3.05, 3.63) is 217 Å². The van der Waals surface area contributed by atoms with Crippen LogP contribution in [0.15, 0.2) is 206 Å². The molecular formula is C59H40N2S. The van der Waals surface area contributed by atoms with Crippen LogP contribution in [-0.2, 0) is 5.41 Å². The summed E-state index contributed by atoms with van der Waals surface area (Å²) in [6.45, 7) is 4.71. The molecule has 9 aromatic carbocycles. The lowest BCUT2D eigenvalue weighted by Gasteiger charge is -2.22. The molecule has 1 aliphatic rings. The maximum absolute atomic E-state index is 5.37. The average molecular weight is 809 g/mol. The molecule has 0 unspecified atom stereocenters. The number of benzene rings is 9. The molecule has 0 N–H and O–H groups in total. The molecule has 11 aromatic rings. The van der Waals surface area contributed by atoms with Crippen molar-refractivity contribution in [1.82, 2.24) is 9.97 Å². The van der Waals surface area contributed by atoms with Crippen LogP contribution in [0.2, 0.25) is 0 Å². The third kappa shape index (κ3) is 6.00. The second kappa shape index (κ2) is 14.3. The van der Waals surface area contributed by atoms with E-state index in [-0.39, 0.29) is 5.41 Å². The zero-order valence-corrected chi connectivity index (χ0v) is 35.2. The van der Waals surface area contributed by atoms with Crippen LogP contribution in [0.3, 0.4) is 0 Å². The number of nitrogens with zero attached hydrogens (tertiary/aromatic N) is 2. The number of thiophene rings is 1. The summed E-state index contributed by atoms with van der Waals surface area (Å²) in [4.78, 5) is 10.7. The largest absolute Gasteiger partial charge is 0.228 e. The molecule has 0 radical (unpaired) electrons. The summed E-state index contributed by atoms with van der Waals surface area (Å²) in [5.74, 6) is 0.697. The molecule has 2 nitrogen and oxygen atoms in total. The molecule has 0 amide bonds. The second-order valence-corrected chi connectivity index (χ2v) is 18.0. The van der Waals surface area contributed by atoms with Gasteiger partial charge in [0.05, 0.1) is 11.4 Å². The Kier molecular flexibility index (Phi) is 8.41. The van der Waals surface area contributed by atoms with Crippen molar-refractivity contribution in [2.24, 2.45) is 0 Å². The number of hydrogen-bond donors (Lipinski definition) is 0. The van der Waals surface area contributed by atoms with Gasteiger partial charge >= 0.3 is 0 Å². The van der Waals surface area contributed by atoms with E-state index >= 15 is 0 Å². The van der Waals surface area contributed by atoms with Crippen LogP contribution in [0.25, 0.3) is 109 Å². The van der Waals surface area contributed by atoms with Crippen molar-refractivity contribution in [2.75, 3.05) is 0 Å². The predicted octanol–water partition coefficient (Wildman–Crippen LogP) is 16.3. The monoisotopic (exact) mass is 808 g/mol. The van der Waals surface area contributed by atoms with Gasteiger partial charge in [-0.3, -0.25) is 0 Å². The van der Waals surface area contributed by atoms with Gasteiger partial charge in [-0.15, -0.1) is 11.3 Å². The van der Waals surface area contributed by atoms with E-state index in [1.54, 1.807) is 0 Å². The summed E-state index contributed by atoms with van der Waals surface area (Å²) in [5.41, 5.74) is 17.1. The van der Waals surface area contributed by atoms with Crippen LogP contribution in [0.5, 0.6) is 0 Å². The fourth-order valence-electron chi connectivity index (χ4n) is 9.72. The van der Waals surface area contributed by atoms with Crippen molar-refractivity contribution in [2.45, 2.75) is 19.3 Å². The smallest absolute Gasteiger partial charge is 0.160 e. The Hall–Kier alpha value is -7.46. The normalized spacial score (nSPS) is 12.8. The Balaban J connectivity index is 1.05. The first kappa shape index (κ1) is 36.4. The molecule has 62 heavy (non-hydrogen) atoms. The summed E-state index contributed by atoms with van der Waals surface area (Å²) in [7, 11) is 0. The van der Waals surface area contributed by atoms with Crippen LogP contribution >= 0.6 is 11.3 Å². The van der Waals surface area contributed by atoms with E-state index < -0.39 is 0 Å². The predicted molar refractivity (Wildman–Crippen MR) is 263 cm³/mol. The Morgan fingerprint density at radius 2 is 0.968 bits per heavy atom. The minimum absolute atomic E-state index is 0.103. The molecule has 3 heteroatoms. The molecule has 0 saturated carbocycles. The van der Waals surface area contributed by atoms with Gasteiger partial charge in [0.25, 0.3) is 0 Å². The fourth-order valence-corrected chi connectivity index (χ4v) is 11.0. The van der Waals surface area contributed by atoms with E-state index in [9.17, 15) is 0 Å². The third-order valence-electron chi connectivity index (χ3n) is 12.9. The summed E-state index contributed by atoms with van der Waals surface area (Å²) in [6.07, 6.45) is 0. The molecule has 0 bridgehead atoms. The average Bonchev–Trinajstić information content (AvgIpc) is 3.82. The first-order chi connectivity index (χ1) is 30.5. The van der Waals surface area contributed by atoms with Crippen molar-refractivity contribution >= 4 is 42.3 Å². The summed E-state index contributed by atoms with van der Waals surface area (Å²) < 4.78 is 2.59. The van der Waals surface area contributed by atoms with E-state index in [2.05, 4.69) is 214 Å². The van der Waals surface area contributed by atoms with Gasteiger partial charge in [-0.25, -0.2) is 9.97 Å². The Morgan fingerprint density at radius 3 is 1.79 bits per heavy atom. The maximum atomic E-state index is 5.37. The highest BCUT2D eigenvalue weighted by Gasteiger charge is 2.36. The lowest BCUT2D eigenvalue weighted by atomic mass is 9.81. The maximum Gasteiger partial charge on any atom is 0.160 e. The molecule has 292 valence electrons. The van der Waals surface area contributed by atoms with Crippen LogP contribution in [0.1, 0.15) is 25.0 Å². The topological polar surface area (TPSA) is 25.8 Å². The molecule has 0 saturated heterocycles. The standard InChI is InChI=1S/C59H40N2S/c1-59(2)52-29-28-41(34-50(52)51-33-39-20-9-10-21-40(39)35-53(51)59)45-22-11-12-23-47(45)55-36-54(60-58(61-55)38-18-7-4-8-19-38)44-31-42(37-16-5-3-6-17-37)30-43(32-44)46-25-15-26-49-48-24-13-14-27-56(48)62-57(46)49/h3-36H,1-2H3. The van der Waals surface area contributed by atoms with E-state index in [0.717, 1.165) is 50.3 Å². The Morgan fingerprint density at radius 1 is 0.355 bits per heavy atom. The van der Waals surface area contributed by atoms with Crippen molar-refractivity contribution in [3.63, 3.8) is 0 Å². The molecular weight excluding hydrogens is 769 g/mol. The Labute approximate surface area is 365 Å². The van der Waals surface area contributed by atoms with Gasteiger partial charge in [-0.1, -0.05) is 172 Å². The first-order valence-corrected chi connectivity index (χ1v) is 22.1. The molecule has 2 aromatic heterocycles. The van der Waals surface area contributed by atoms with Crippen LogP contribution in [0, 0.1) is 0 Å². The van der Waals surface area contributed by atoms with Crippen molar-refractivity contribution in [3.8, 4) is 78.4 Å². The van der Waals surface area contributed by atoms with Crippen LogP contribution < -0.4 is 0 Å². The SMILES string of the molecule is CC1(C)c2ccc(-c3ccccc3-c3cc(-c4cc(-c5ccccc5)cc(-c5cccc6c5sc5ccccc56)c4)nc(-c4ccccc4)n3)cc2-c2cc3ccccc3cc21. The first-order valence-electron chi connectivity index (χ1n) is 21.3. The second-order valence-electron chi connectivity index (χ2n) is 16.9. The zero-order chi connectivity index (χ0) is 41.4. The van der Waals surface area contributed by atoms with Gasteiger partial charge in [-0.2, -0.15) is 0 Å². The van der Waals surface area contributed by atoms with Gasteiger partial charge < -0.3 is 0 Å². The lowest BCUT2D eigenvalue weighted by molar-refractivity contribution is 0.661. The molecule has 12 rings (SSSR count). The van der Waals surface area contributed by atoms with Crippen LogP contribution in [0.4, 0.5) is 0 Å². The fraction of sp³-hybridized carbons (Fsp3) is 0.0508. The molecule has 0 atom stereocenters. The summed E-state index contributed by atoms with van der Waals surface area (Å²) in [5, 5.41) is 5.13. The van der Waals surface area contributed by atoms with Crippen molar-refractivity contribution < 1.29 is 0 Å². The van der Waals surface area contributed by atoms with Crippen LogP contribution in [-0.4, -0.2) is 9.97 Å². The lowest BCUT2D eigenvalue weighted by Crippen LogP contribution is -2.14. The quantitative estimate of drug-likeness (QED) is 0.167. The van der Waals surface area contributed by atoms with Gasteiger partial charge in [0.15, 0.2) is 5.82 Å². The number of aromatic nitrogens is 2.